The number of nitrogens with zero attached hydrogens (tertiary/aromatic N) is 3. The number of thiazole rings is 3. The summed E-state index contributed by atoms with van der Waals surface area (Å²) in [6, 6.07) is 16.4. The quantitative estimate of drug-likeness (QED) is 0.0728. The maximum Gasteiger partial charge on any atom is 0.182 e. The zero-order valence-electron chi connectivity index (χ0n) is 21.2. The molecule has 3 heterocycles. The second kappa shape index (κ2) is 23.6. The number of carbonyl (C=O) groups is 1. The Labute approximate surface area is 280 Å². The van der Waals surface area contributed by atoms with Crippen molar-refractivity contribution < 1.29 is 4.79 Å². The Morgan fingerprint density at radius 1 is 0.974 bits per heavy atom. The monoisotopic (exact) mass is 836 g/mol. The lowest BCUT2D eigenvalue weighted by atomic mass is 10.3. The van der Waals surface area contributed by atoms with Gasteiger partial charge in [0.25, 0.3) is 0 Å². The highest BCUT2D eigenvalue weighted by atomic mass is 127. The lowest BCUT2D eigenvalue weighted by molar-refractivity contribution is -0.105. The number of halogens is 3. The van der Waals surface area contributed by atoms with E-state index in [0.29, 0.717) is 11.4 Å². The van der Waals surface area contributed by atoms with E-state index in [2.05, 4.69) is 49.9 Å². The fourth-order valence-corrected chi connectivity index (χ4v) is 4.47. The van der Waals surface area contributed by atoms with Crippen LogP contribution in [-0.2, 0) is 4.79 Å². The van der Waals surface area contributed by atoms with Crippen LogP contribution < -0.4 is 16.4 Å². The van der Waals surface area contributed by atoms with Crippen LogP contribution in [0.2, 0.25) is 0 Å². The molecule has 2 aromatic carbocycles. The maximum atomic E-state index is 9.04. The van der Waals surface area contributed by atoms with Crippen LogP contribution >= 0.6 is 106 Å². The Morgan fingerprint density at radius 2 is 1.39 bits per heavy atom. The number of anilines is 1. The van der Waals surface area contributed by atoms with Crippen LogP contribution in [0, 0.1) is 13.8 Å². The minimum Gasteiger partial charge on any atom is -0.376 e. The zero-order chi connectivity index (χ0) is 26.8. The van der Waals surface area contributed by atoms with Gasteiger partial charge in [-0.25, -0.2) is 15.0 Å². The van der Waals surface area contributed by atoms with Crippen molar-refractivity contribution in [2.45, 2.75) is 13.8 Å². The van der Waals surface area contributed by atoms with Gasteiger partial charge in [-0.15, -0.1) is 93.6 Å². The number of hydrogen-bond donors (Lipinski definition) is 3. The molecule has 0 unspecified atom stereocenters. The Hall–Kier alpha value is -1.24. The standard InChI is InChI=1S/2C8H7NS.C4H6N2S.C2H3ClO.C2H6N2S.2HI/c2*1-6-9-7-4-2-3-5-8(7)10-6;1-5-4-6-2-3-7-4;3-1-2-4;1-4-2(3)5;;/h2*2-5H,1H3;2-3H,1H3,(H,5,6);2H,1H2;1H3,(H3,3,4,5);2*1H. The zero-order valence-corrected chi connectivity index (χ0v) is 29.9. The van der Waals surface area contributed by atoms with E-state index in [0.717, 1.165) is 26.2 Å². The number of aromatic nitrogens is 3. The number of nitrogens with one attached hydrogen (secondary N) is 2. The third-order valence-corrected chi connectivity index (χ3v) is 6.78. The first-order valence-electron chi connectivity index (χ1n) is 10.5. The van der Waals surface area contributed by atoms with E-state index in [9.17, 15) is 0 Å². The molecule has 5 aromatic rings. The summed E-state index contributed by atoms with van der Waals surface area (Å²) >= 11 is 14.3. The summed E-state index contributed by atoms with van der Waals surface area (Å²) in [5, 5.41) is 11.0. The first-order valence-corrected chi connectivity index (χ1v) is 14.0. The van der Waals surface area contributed by atoms with Crippen LogP contribution in [0.4, 0.5) is 5.13 Å². The van der Waals surface area contributed by atoms with Crippen LogP contribution in [0.3, 0.4) is 0 Å². The van der Waals surface area contributed by atoms with Gasteiger partial charge < -0.3 is 21.2 Å². The molecule has 38 heavy (non-hydrogen) atoms. The van der Waals surface area contributed by atoms with Gasteiger partial charge in [0, 0.05) is 25.7 Å². The van der Waals surface area contributed by atoms with Crippen molar-refractivity contribution in [3.8, 4) is 0 Å². The molecule has 0 amide bonds. The summed E-state index contributed by atoms with van der Waals surface area (Å²) in [7, 11) is 3.54. The topological polar surface area (TPSA) is 106 Å². The highest BCUT2D eigenvalue weighted by Crippen LogP contribution is 2.20. The number of fused-ring (bicyclic) bond motifs is 2. The third-order valence-electron chi connectivity index (χ3n) is 3.76. The molecular weight excluding hydrogens is 806 g/mol. The molecule has 0 fully saturated rings. The Morgan fingerprint density at radius 3 is 1.66 bits per heavy atom. The van der Waals surface area contributed by atoms with Gasteiger partial charge in [0.15, 0.2) is 10.2 Å². The summed E-state index contributed by atoms with van der Waals surface area (Å²) in [5.74, 6) is 0.111. The molecule has 0 aliphatic heterocycles. The lowest BCUT2D eigenvalue weighted by Crippen LogP contribution is -2.24. The van der Waals surface area contributed by atoms with Crippen LogP contribution in [0.5, 0.6) is 0 Å². The second-order valence-corrected chi connectivity index (χ2v) is 10.5. The third kappa shape index (κ3) is 16.7. The van der Waals surface area contributed by atoms with Crippen molar-refractivity contribution >= 4 is 143 Å². The van der Waals surface area contributed by atoms with Crippen LogP contribution in [0.15, 0.2) is 60.1 Å². The molecule has 208 valence electrons. The molecule has 0 aliphatic rings. The van der Waals surface area contributed by atoms with E-state index in [4.69, 9.17) is 22.1 Å². The molecule has 4 N–H and O–H groups in total. The number of para-hydroxylation sites is 2. The lowest BCUT2D eigenvalue weighted by Gasteiger charge is -1.85. The van der Waals surface area contributed by atoms with Crippen molar-refractivity contribution in [2.24, 2.45) is 5.73 Å². The first-order chi connectivity index (χ1) is 17.3. The molecule has 3 aromatic heterocycles. The van der Waals surface area contributed by atoms with Gasteiger partial charge in [-0.1, -0.05) is 24.3 Å². The number of alkyl halides is 1. The van der Waals surface area contributed by atoms with Gasteiger partial charge in [-0.3, -0.25) is 0 Å². The summed E-state index contributed by atoms with van der Waals surface area (Å²) in [6.07, 6.45) is 2.41. The van der Waals surface area contributed by atoms with E-state index in [-0.39, 0.29) is 53.8 Å². The molecule has 5 rings (SSSR count). The predicted octanol–water partition coefficient (Wildman–Crippen LogP) is 7.50. The van der Waals surface area contributed by atoms with Gasteiger partial charge in [0.05, 0.1) is 36.3 Å². The van der Waals surface area contributed by atoms with Gasteiger partial charge in [0.2, 0.25) is 0 Å². The molecule has 7 nitrogen and oxygen atoms in total. The normalized spacial score (nSPS) is 8.66. The van der Waals surface area contributed by atoms with Crippen molar-refractivity contribution in [1.29, 1.82) is 0 Å². The molecule has 0 radical (unpaired) electrons. The van der Waals surface area contributed by atoms with Crippen LogP contribution in [-0.4, -0.2) is 46.3 Å². The van der Waals surface area contributed by atoms with E-state index >= 15 is 0 Å². The SMILES string of the molecule is CNC(N)=S.CNc1nccs1.Cc1nc2ccccc2s1.Cc1nc2ccccc2s1.I.I.O=CCCl. The summed E-state index contributed by atoms with van der Waals surface area (Å²) in [4.78, 5) is 21.6. The first kappa shape index (κ1) is 38.9. The second-order valence-electron chi connectivity index (χ2n) is 6.42. The number of thiocarbonyl (C=S) groups is 1. The van der Waals surface area contributed by atoms with E-state index in [1.807, 2.05) is 62.7 Å². The summed E-state index contributed by atoms with van der Waals surface area (Å²) in [5.41, 5.74) is 7.14. The van der Waals surface area contributed by atoms with E-state index in [1.165, 1.54) is 9.40 Å². The molecule has 0 atom stereocenters. The minimum atomic E-state index is 0. The molecule has 0 spiro atoms. The largest absolute Gasteiger partial charge is 0.376 e. The smallest absolute Gasteiger partial charge is 0.182 e. The number of hydrogen-bond acceptors (Lipinski definition) is 9. The van der Waals surface area contributed by atoms with Crippen LogP contribution in [0.1, 0.15) is 10.0 Å². The number of aldehydes is 1. The van der Waals surface area contributed by atoms with Crippen molar-refractivity contribution in [2.75, 3.05) is 25.3 Å². The number of nitrogens with two attached hydrogens (primary N) is 1. The molecule has 14 heteroatoms. The average molecular weight is 837 g/mol. The fourth-order valence-electron chi connectivity index (χ4n) is 2.32. The number of carbonyl (C=O) groups excluding carboxylic acids is 1. The Balaban J connectivity index is 0. The molecule has 0 saturated carbocycles. The number of benzene rings is 2. The van der Waals surface area contributed by atoms with Gasteiger partial charge >= 0.3 is 0 Å². The average Bonchev–Trinajstić information content (AvgIpc) is 3.63. The summed E-state index contributed by atoms with van der Waals surface area (Å²) < 4.78 is 2.56. The predicted molar refractivity (Wildman–Crippen MR) is 194 cm³/mol. The Kier molecular flexibility index (Phi) is 24.2. The number of aryl methyl sites for hydroxylation is 2. The van der Waals surface area contributed by atoms with E-state index < -0.39 is 0 Å². The number of rotatable bonds is 2. The highest BCUT2D eigenvalue weighted by molar-refractivity contribution is 14.0. The molecular formula is C24H31ClI2N6OS4. The summed E-state index contributed by atoms with van der Waals surface area (Å²) in [6.45, 7) is 4.06. The van der Waals surface area contributed by atoms with Gasteiger partial charge in [0.1, 0.15) is 6.29 Å². The minimum absolute atomic E-state index is 0. The van der Waals surface area contributed by atoms with Crippen molar-refractivity contribution in [3.63, 3.8) is 0 Å². The molecule has 0 bridgehead atoms. The van der Waals surface area contributed by atoms with Crippen LogP contribution in [0.25, 0.3) is 20.4 Å². The Bertz CT molecular complexity index is 1160. The highest BCUT2D eigenvalue weighted by Gasteiger charge is 1.96. The van der Waals surface area contributed by atoms with Gasteiger partial charge in [-0.2, -0.15) is 0 Å². The fraction of sp³-hybridized carbons (Fsp3) is 0.208. The maximum absolute atomic E-state index is 9.04. The van der Waals surface area contributed by atoms with Crippen molar-refractivity contribution in [1.82, 2.24) is 20.3 Å². The van der Waals surface area contributed by atoms with E-state index in [1.54, 1.807) is 47.3 Å². The molecule has 0 saturated heterocycles. The van der Waals surface area contributed by atoms with Gasteiger partial charge in [-0.05, 0) is 50.3 Å². The molecule has 0 aliphatic carbocycles. The van der Waals surface area contributed by atoms with Crippen molar-refractivity contribution in [3.05, 3.63) is 70.1 Å².